The van der Waals surface area contributed by atoms with Gasteiger partial charge in [0.2, 0.25) is 0 Å². The number of pyridine rings is 1. The second-order valence-electron chi connectivity index (χ2n) is 5.98. The maximum atomic E-state index is 10.8. The Morgan fingerprint density at radius 1 is 1.21 bits per heavy atom. The molecular weight excluding hydrogens is 306 g/mol. The van der Waals surface area contributed by atoms with Crippen LogP contribution in [0.5, 0.6) is 5.75 Å². The number of hydrogen-bond acceptors (Lipinski definition) is 4. The van der Waals surface area contributed by atoms with Crippen LogP contribution in [0.2, 0.25) is 0 Å². The highest BCUT2D eigenvalue weighted by Crippen LogP contribution is 2.23. The third kappa shape index (κ3) is 4.55. The molecule has 1 aromatic heterocycles. The Labute approximate surface area is 141 Å². The molecule has 1 fully saturated rings. The summed E-state index contributed by atoms with van der Waals surface area (Å²) in [6.07, 6.45) is 6.88. The second-order valence-corrected chi connectivity index (χ2v) is 5.98. The normalized spacial score (nSPS) is 17.4. The number of aromatic nitrogens is 1. The monoisotopic (exact) mass is 327 g/mol. The highest BCUT2D eigenvalue weighted by Gasteiger charge is 2.14. The maximum absolute atomic E-state index is 10.8. The van der Waals surface area contributed by atoms with Gasteiger partial charge in [0.25, 0.3) is 0 Å². The van der Waals surface area contributed by atoms with Crippen LogP contribution >= 0.6 is 0 Å². The Balaban J connectivity index is 1.62. The summed E-state index contributed by atoms with van der Waals surface area (Å²) in [6.45, 7) is 1.40. The Bertz CT molecular complexity index is 678. The van der Waals surface area contributed by atoms with Crippen molar-refractivity contribution in [2.45, 2.75) is 31.8 Å². The van der Waals surface area contributed by atoms with Crippen molar-refractivity contribution in [3.05, 3.63) is 48.3 Å². The first-order valence-corrected chi connectivity index (χ1v) is 8.21. The van der Waals surface area contributed by atoms with Gasteiger partial charge >= 0.3 is 5.97 Å². The first-order chi connectivity index (χ1) is 11.7. The van der Waals surface area contributed by atoms with Gasteiger partial charge in [-0.3, -0.25) is 9.78 Å². The molecule has 0 bridgehead atoms. The number of aliphatic carboxylic acids is 1. The average Bonchev–Trinajstić information content (AvgIpc) is 2.61. The lowest BCUT2D eigenvalue weighted by molar-refractivity contribution is -0.136. The molecule has 126 valence electrons. The van der Waals surface area contributed by atoms with Gasteiger partial charge in [-0.25, -0.2) is 0 Å². The van der Waals surface area contributed by atoms with E-state index in [0.29, 0.717) is 12.2 Å². The minimum Gasteiger partial charge on any atom is -0.491 e. The van der Waals surface area contributed by atoms with Gasteiger partial charge in [-0.05, 0) is 48.6 Å². The molecule has 0 radical (unpaired) electrons. The second kappa shape index (κ2) is 7.93. The fraction of sp³-hybridized carbons (Fsp3) is 0.368. The molecular formula is C19H21NO4. The standard InChI is InChI=1S/C19H21NO4/c21-19(22)10-14-9-16(12-20-11-14)15-4-6-17(7-5-15)24-13-18-3-1-2-8-23-18/h4-7,9,11-12,18H,1-3,8,10,13H2,(H,21,22). The van der Waals surface area contributed by atoms with E-state index in [0.717, 1.165) is 36.3 Å². The van der Waals surface area contributed by atoms with Crippen molar-refractivity contribution in [2.75, 3.05) is 13.2 Å². The van der Waals surface area contributed by atoms with E-state index in [1.165, 1.54) is 6.42 Å². The number of carbonyl (C=O) groups is 1. The van der Waals surface area contributed by atoms with Gasteiger partial charge in [0, 0.05) is 24.6 Å². The highest BCUT2D eigenvalue weighted by molar-refractivity contribution is 5.71. The third-order valence-corrected chi connectivity index (χ3v) is 4.05. The van der Waals surface area contributed by atoms with Crippen LogP contribution in [0.25, 0.3) is 11.1 Å². The van der Waals surface area contributed by atoms with E-state index in [2.05, 4.69) is 4.98 Å². The molecule has 1 atom stereocenters. The minimum absolute atomic E-state index is 0.0244. The van der Waals surface area contributed by atoms with Crippen molar-refractivity contribution in [1.82, 2.24) is 4.98 Å². The molecule has 2 heterocycles. The molecule has 1 aliphatic heterocycles. The van der Waals surface area contributed by atoms with Crippen molar-refractivity contribution in [1.29, 1.82) is 0 Å². The molecule has 1 unspecified atom stereocenters. The fourth-order valence-electron chi connectivity index (χ4n) is 2.79. The van der Waals surface area contributed by atoms with Gasteiger partial charge in [0.15, 0.2) is 0 Å². The smallest absolute Gasteiger partial charge is 0.307 e. The summed E-state index contributed by atoms with van der Waals surface area (Å²) < 4.78 is 11.5. The molecule has 5 heteroatoms. The average molecular weight is 327 g/mol. The summed E-state index contributed by atoms with van der Waals surface area (Å²) in [5.41, 5.74) is 2.57. The van der Waals surface area contributed by atoms with Crippen LogP contribution < -0.4 is 4.74 Å². The molecule has 3 rings (SSSR count). The topological polar surface area (TPSA) is 68.7 Å². The van der Waals surface area contributed by atoms with Gasteiger partial charge in [-0.1, -0.05) is 12.1 Å². The summed E-state index contributed by atoms with van der Waals surface area (Å²) in [5.74, 6) is -0.0507. The number of nitrogens with zero attached hydrogens (tertiary/aromatic N) is 1. The van der Waals surface area contributed by atoms with Gasteiger partial charge in [0.05, 0.1) is 12.5 Å². The van der Waals surface area contributed by atoms with Gasteiger partial charge in [0.1, 0.15) is 12.4 Å². The molecule has 0 saturated carbocycles. The predicted molar refractivity (Wildman–Crippen MR) is 90.1 cm³/mol. The molecule has 2 aromatic rings. The van der Waals surface area contributed by atoms with Crippen LogP contribution in [0.3, 0.4) is 0 Å². The summed E-state index contributed by atoms with van der Waals surface area (Å²) in [6, 6.07) is 9.61. The Hall–Kier alpha value is -2.40. The Morgan fingerprint density at radius 3 is 2.75 bits per heavy atom. The largest absolute Gasteiger partial charge is 0.491 e. The number of ether oxygens (including phenoxy) is 2. The van der Waals surface area contributed by atoms with Gasteiger partial charge in [-0.2, -0.15) is 0 Å². The van der Waals surface area contributed by atoms with E-state index in [4.69, 9.17) is 14.6 Å². The summed E-state index contributed by atoms with van der Waals surface area (Å²) in [7, 11) is 0. The summed E-state index contributed by atoms with van der Waals surface area (Å²) >= 11 is 0. The van der Waals surface area contributed by atoms with E-state index in [-0.39, 0.29) is 12.5 Å². The molecule has 0 amide bonds. The van der Waals surface area contributed by atoms with Crippen LogP contribution in [-0.2, 0) is 16.0 Å². The highest BCUT2D eigenvalue weighted by atomic mass is 16.5. The van der Waals surface area contributed by atoms with Crippen LogP contribution in [-0.4, -0.2) is 35.4 Å². The van der Waals surface area contributed by atoms with Crippen molar-refractivity contribution in [3.8, 4) is 16.9 Å². The van der Waals surface area contributed by atoms with E-state index < -0.39 is 5.97 Å². The molecule has 24 heavy (non-hydrogen) atoms. The zero-order valence-corrected chi connectivity index (χ0v) is 13.5. The van der Waals surface area contributed by atoms with Crippen molar-refractivity contribution < 1.29 is 19.4 Å². The number of hydrogen-bond donors (Lipinski definition) is 1. The molecule has 1 N–H and O–H groups in total. The van der Waals surface area contributed by atoms with Crippen LogP contribution in [0.1, 0.15) is 24.8 Å². The van der Waals surface area contributed by atoms with Crippen LogP contribution in [0.4, 0.5) is 0 Å². The van der Waals surface area contributed by atoms with Crippen molar-refractivity contribution in [2.24, 2.45) is 0 Å². The minimum atomic E-state index is -0.859. The lowest BCUT2D eigenvalue weighted by atomic mass is 10.0. The van der Waals surface area contributed by atoms with E-state index >= 15 is 0 Å². The number of carboxylic acids is 1. The third-order valence-electron chi connectivity index (χ3n) is 4.05. The van der Waals surface area contributed by atoms with E-state index in [1.54, 1.807) is 12.4 Å². The predicted octanol–water partition coefficient (Wildman–Crippen LogP) is 3.32. The SMILES string of the molecule is O=C(O)Cc1cncc(-c2ccc(OCC3CCCCO3)cc2)c1. The summed E-state index contributed by atoms with van der Waals surface area (Å²) in [4.78, 5) is 14.9. The summed E-state index contributed by atoms with van der Waals surface area (Å²) in [5, 5.41) is 8.88. The molecule has 1 aliphatic rings. The van der Waals surface area contributed by atoms with Crippen LogP contribution in [0, 0.1) is 0 Å². The Morgan fingerprint density at radius 2 is 2.04 bits per heavy atom. The lowest BCUT2D eigenvalue weighted by Crippen LogP contribution is -2.25. The van der Waals surface area contributed by atoms with E-state index in [9.17, 15) is 4.79 Å². The quantitative estimate of drug-likeness (QED) is 0.881. The molecule has 5 nitrogen and oxygen atoms in total. The zero-order chi connectivity index (χ0) is 16.8. The van der Waals surface area contributed by atoms with Crippen molar-refractivity contribution in [3.63, 3.8) is 0 Å². The number of benzene rings is 1. The fourth-order valence-corrected chi connectivity index (χ4v) is 2.79. The molecule has 0 aliphatic carbocycles. The first kappa shape index (κ1) is 16.5. The number of carboxylic acid groups (broad SMARTS) is 1. The Kier molecular flexibility index (Phi) is 5.43. The van der Waals surface area contributed by atoms with Gasteiger partial charge in [-0.15, -0.1) is 0 Å². The molecule has 0 spiro atoms. The maximum Gasteiger partial charge on any atom is 0.307 e. The lowest BCUT2D eigenvalue weighted by Gasteiger charge is -2.22. The van der Waals surface area contributed by atoms with Crippen LogP contribution in [0.15, 0.2) is 42.7 Å². The van der Waals surface area contributed by atoms with Crippen molar-refractivity contribution >= 4 is 5.97 Å². The molecule has 1 aromatic carbocycles. The number of rotatable bonds is 6. The van der Waals surface area contributed by atoms with E-state index in [1.807, 2.05) is 30.3 Å². The zero-order valence-electron chi connectivity index (χ0n) is 13.5. The molecule has 1 saturated heterocycles. The van der Waals surface area contributed by atoms with Gasteiger partial charge < -0.3 is 14.6 Å². The first-order valence-electron chi connectivity index (χ1n) is 8.21.